The standard InChI is InChI=1S/C44H87N5O16/c1-3-15-54-19-23-58-27-31-62-35-37-64-33-29-60-25-21-56-17-11-41(50)47-14-8-6-10-40(44(53)49-39(43(46)52)9-5-7-13-45)48-42(51)12-18-57-22-26-61-30-34-65-38-36-63-32-28-59-24-20-55-16-4-2/h39-40H,3-38,45H2,1-2H3,(H2,46,52)(H,47,50)(H,48,51)(H,49,53)/t39?,40-/m1/s1. The predicted molar refractivity (Wildman–Crippen MR) is 242 cm³/mol. The predicted octanol–water partition coefficient (Wildman–Crippen LogP) is 0.656. The Morgan fingerprint density at radius 2 is 0.723 bits per heavy atom. The zero-order chi connectivity index (χ0) is 47.5. The van der Waals surface area contributed by atoms with Gasteiger partial charge in [-0.25, -0.2) is 0 Å². The van der Waals surface area contributed by atoms with Crippen LogP contribution in [0.3, 0.4) is 0 Å². The van der Waals surface area contributed by atoms with Crippen molar-refractivity contribution in [2.45, 2.75) is 90.1 Å². The van der Waals surface area contributed by atoms with Crippen LogP contribution in [0.1, 0.15) is 78.1 Å². The van der Waals surface area contributed by atoms with E-state index >= 15 is 0 Å². The lowest BCUT2D eigenvalue weighted by Crippen LogP contribution is -2.53. The summed E-state index contributed by atoms with van der Waals surface area (Å²) in [6.07, 6.45) is 5.16. The number of nitrogens with two attached hydrogens (primary N) is 2. The number of ether oxygens (including phenoxy) is 12. The van der Waals surface area contributed by atoms with Gasteiger partial charge in [-0.15, -0.1) is 0 Å². The molecular weight excluding hydrogens is 855 g/mol. The van der Waals surface area contributed by atoms with Gasteiger partial charge in [-0.2, -0.15) is 0 Å². The molecule has 21 nitrogen and oxygen atoms in total. The average molecular weight is 942 g/mol. The van der Waals surface area contributed by atoms with E-state index in [0.29, 0.717) is 171 Å². The van der Waals surface area contributed by atoms with Gasteiger partial charge in [-0.3, -0.25) is 19.2 Å². The van der Waals surface area contributed by atoms with Crippen LogP contribution in [0.4, 0.5) is 0 Å². The summed E-state index contributed by atoms with van der Waals surface area (Å²) in [6, 6.07) is -1.81. The Bertz CT molecular complexity index is 1090. The molecule has 0 rings (SSSR count). The van der Waals surface area contributed by atoms with Crippen molar-refractivity contribution in [3.63, 3.8) is 0 Å². The average Bonchev–Trinajstić information content (AvgIpc) is 3.29. The molecule has 7 N–H and O–H groups in total. The van der Waals surface area contributed by atoms with Gasteiger partial charge in [0, 0.05) is 32.6 Å². The molecule has 0 spiro atoms. The van der Waals surface area contributed by atoms with E-state index in [1.807, 2.05) is 0 Å². The fourth-order valence-corrected chi connectivity index (χ4v) is 5.40. The molecule has 21 heteroatoms. The number of hydrogen-bond acceptors (Lipinski definition) is 17. The molecule has 2 atom stereocenters. The highest BCUT2D eigenvalue weighted by Crippen LogP contribution is 2.06. The lowest BCUT2D eigenvalue weighted by Gasteiger charge is -2.22. The van der Waals surface area contributed by atoms with Crippen molar-refractivity contribution >= 4 is 23.6 Å². The molecule has 4 amide bonds. The van der Waals surface area contributed by atoms with Gasteiger partial charge in [0.15, 0.2) is 0 Å². The maximum atomic E-state index is 13.3. The highest BCUT2D eigenvalue weighted by atomic mass is 16.6. The normalized spacial score (nSPS) is 12.3. The summed E-state index contributed by atoms with van der Waals surface area (Å²) in [5, 5.41) is 8.29. The Balaban J connectivity index is 4.17. The number of amides is 4. The zero-order valence-corrected chi connectivity index (χ0v) is 39.8. The van der Waals surface area contributed by atoms with Gasteiger partial charge >= 0.3 is 0 Å². The first-order valence-electron chi connectivity index (χ1n) is 23.6. The zero-order valence-electron chi connectivity index (χ0n) is 39.8. The summed E-state index contributed by atoms with van der Waals surface area (Å²) in [4.78, 5) is 50.4. The number of unbranched alkanes of at least 4 members (excludes halogenated alkanes) is 2. The molecule has 0 saturated carbocycles. The van der Waals surface area contributed by atoms with Crippen molar-refractivity contribution in [1.82, 2.24) is 16.0 Å². The van der Waals surface area contributed by atoms with Gasteiger partial charge in [-0.05, 0) is 57.9 Å². The molecule has 1 unspecified atom stereocenters. The van der Waals surface area contributed by atoms with Crippen molar-refractivity contribution in [3.8, 4) is 0 Å². The Morgan fingerprint density at radius 1 is 0.400 bits per heavy atom. The topological polar surface area (TPSA) is 267 Å². The van der Waals surface area contributed by atoms with Crippen molar-refractivity contribution < 1.29 is 76.0 Å². The molecule has 0 fully saturated rings. The quantitative estimate of drug-likeness (QED) is 0.0524. The van der Waals surface area contributed by atoms with Crippen molar-refractivity contribution in [2.24, 2.45) is 11.5 Å². The van der Waals surface area contributed by atoms with Gasteiger partial charge < -0.3 is 84.3 Å². The van der Waals surface area contributed by atoms with Crippen LogP contribution < -0.4 is 27.4 Å². The van der Waals surface area contributed by atoms with E-state index in [0.717, 1.165) is 26.1 Å². The molecule has 0 aliphatic heterocycles. The van der Waals surface area contributed by atoms with Crippen LogP contribution >= 0.6 is 0 Å². The first-order valence-corrected chi connectivity index (χ1v) is 23.6. The Labute approximate surface area is 388 Å². The molecule has 0 heterocycles. The monoisotopic (exact) mass is 942 g/mol. The third-order valence-electron chi connectivity index (χ3n) is 8.86. The number of carbonyl (C=O) groups is 4. The van der Waals surface area contributed by atoms with Gasteiger partial charge in [0.05, 0.1) is 145 Å². The van der Waals surface area contributed by atoms with E-state index in [1.54, 1.807) is 0 Å². The highest BCUT2D eigenvalue weighted by Gasteiger charge is 2.25. The fraction of sp³-hybridized carbons (Fsp3) is 0.909. The summed E-state index contributed by atoms with van der Waals surface area (Å²) < 4.78 is 65.4. The summed E-state index contributed by atoms with van der Waals surface area (Å²) >= 11 is 0. The van der Waals surface area contributed by atoms with E-state index in [-0.39, 0.29) is 50.9 Å². The van der Waals surface area contributed by atoms with Gasteiger partial charge in [-0.1, -0.05) is 13.8 Å². The van der Waals surface area contributed by atoms with E-state index in [2.05, 4.69) is 29.8 Å². The Hall–Kier alpha value is -2.64. The van der Waals surface area contributed by atoms with Crippen LogP contribution in [0, 0.1) is 0 Å². The van der Waals surface area contributed by atoms with E-state index < -0.39 is 23.9 Å². The number of rotatable bonds is 53. The van der Waals surface area contributed by atoms with Crippen LogP contribution in [0.2, 0.25) is 0 Å². The summed E-state index contributed by atoms with van der Waals surface area (Å²) in [6.45, 7) is 16.0. The molecule has 0 aromatic rings. The lowest BCUT2D eigenvalue weighted by atomic mass is 10.1. The molecule has 0 aliphatic carbocycles. The third kappa shape index (κ3) is 46.3. The number of hydrogen-bond donors (Lipinski definition) is 5. The molecule has 0 aromatic heterocycles. The van der Waals surface area contributed by atoms with Crippen LogP contribution in [-0.4, -0.2) is 207 Å². The maximum absolute atomic E-state index is 13.3. The molecule has 0 aliphatic rings. The van der Waals surface area contributed by atoms with Gasteiger partial charge in [0.25, 0.3) is 0 Å². The van der Waals surface area contributed by atoms with Crippen molar-refractivity contribution in [1.29, 1.82) is 0 Å². The molecule has 0 aromatic carbocycles. The number of primary amides is 1. The fourth-order valence-electron chi connectivity index (χ4n) is 5.40. The van der Waals surface area contributed by atoms with Crippen molar-refractivity contribution in [2.75, 3.05) is 172 Å². The Morgan fingerprint density at radius 3 is 1.08 bits per heavy atom. The van der Waals surface area contributed by atoms with Crippen LogP contribution in [0.25, 0.3) is 0 Å². The lowest BCUT2D eigenvalue weighted by molar-refractivity contribution is -0.132. The summed E-state index contributed by atoms with van der Waals surface area (Å²) in [7, 11) is 0. The van der Waals surface area contributed by atoms with E-state index in [1.165, 1.54) is 0 Å². The molecule has 0 bridgehead atoms. The molecular formula is C44H87N5O16. The Kier molecular flexibility index (Phi) is 48.7. The van der Waals surface area contributed by atoms with Crippen molar-refractivity contribution in [3.05, 3.63) is 0 Å². The number of nitrogens with one attached hydrogen (secondary N) is 3. The van der Waals surface area contributed by atoms with Gasteiger partial charge in [0.2, 0.25) is 23.6 Å². The summed E-state index contributed by atoms with van der Waals surface area (Å²) in [5.74, 6) is -1.73. The van der Waals surface area contributed by atoms with Crippen LogP contribution in [-0.2, 0) is 76.0 Å². The third-order valence-corrected chi connectivity index (χ3v) is 8.86. The molecule has 0 saturated heterocycles. The minimum atomic E-state index is -0.917. The minimum Gasteiger partial charge on any atom is -0.379 e. The SMILES string of the molecule is CCCOCCOCCOCCOCCOCCOCCC(=O)NCCCC[C@@H](NC(=O)CCOCCOCCOCCOCCOCCOCCC)C(=O)NC(CCCCN)C(N)=O. The largest absolute Gasteiger partial charge is 0.379 e. The first kappa shape index (κ1) is 62.4. The summed E-state index contributed by atoms with van der Waals surface area (Å²) in [5.41, 5.74) is 11.1. The first-order chi connectivity index (χ1) is 31.8. The number of carbonyl (C=O) groups excluding carboxylic acids is 4. The second-order valence-corrected chi connectivity index (χ2v) is 14.6. The second kappa shape index (κ2) is 50.8. The van der Waals surface area contributed by atoms with E-state index in [9.17, 15) is 19.2 Å². The van der Waals surface area contributed by atoms with Gasteiger partial charge in [0.1, 0.15) is 12.1 Å². The molecule has 0 radical (unpaired) electrons. The smallest absolute Gasteiger partial charge is 0.243 e. The maximum Gasteiger partial charge on any atom is 0.243 e. The van der Waals surface area contributed by atoms with Crippen LogP contribution in [0.5, 0.6) is 0 Å². The minimum absolute atomic E-state index is 0.0164. The second-order valence-electron chi connectivity index (χ2n) is 14.6. The molecule has 384 valence electrons. The van der Waals surface area contributed by atoms with E-state index in [4.69, 9.17) is 68.3 Å². The molecule has 65 heavy (non-hydrogen) atoms. The highest BCUT2D eigenvalue weighted by molar-refractivity contribution is 5.91. The van der Waals surface area contributed by atoms with Crippen LogP contribution in [0.15, 0.2) is 0 Å².